The Balaban J connectivity index is 1.79. The third-order valence-corrected chi connectivity index (χ3v) is 3.84. The molecule has 0 aliphatic rings. The molecule has 0 fully saturated rings. The summed E-state index contributed by atoms with van der Waals surface area (Å²) >= 11 is 0. The van der Waals surface area contributed by atoms with Gasteiger partial charge in [0, 0.05) is 34.8 Å². The van der Waals surface area contributed by atoms with Gasteiger partial charge in [-0.05, 0) is 19.1 Å². The van der Waals surface area contributed by atoms with E-state index < -0.39 is 0 Å². The fourth-order valence-electron chi connectivity index (χ4n) is 2.66. The summed E-state index contributed by atoms with van der Waals surface area (Å²) in [6.07, 6.45) is 1.65. The monoisotopic (exact) mass is 348 g/mol. The summed E-state index contributed by atoms with van der Waals surface area (Å²) < 4.78 is 16.2. The van der Waals surface area contributed by atoms with Crippen LogP contribution in [0.15, 0.2) is 53.2 Å². The molecule has 0 radical (unpaired) electrons. The number of pyridine rings is 2. The zero-order valence-electron chi connectivity index (χ0n) is 14.3. The van der Waals surface area contributed by atoms with Gasteiger partial charge in [0.2, 0.25) is 17.6 Å². The molecular weight excluding hydrogens is 332 g/mol. The van der Waals surface area contributed by atoms with E-state index in [1.165, 1.54) is 0 Å². The molecule has 0 bridgehead atoms. The molecule has 3 heterocycles. The van der Waals surface area contributed by atoms with Crippen molar-refractivity contribution in [2.75, 3.05) is 13.7 Å². The Morgan fingerprint density at radius 1 is 1.04 bits per heavy atom. The summed E-state index contributed by atoms with van der Waals surface area (Å²) in [7, 11) is 1.58. The quantitative estimate of drug-likeness (QED) is 0.543. The van der Waals surface area contributed by atoms with Crippen molar-refractivity contribution in [3.63, 3.8) is 0 Å². The molecule has 7 nitrogen and oxygen atoms in total. The van der Waals surface area contributed by atoms with E-state index in [4.69, 9.17) is 14.0 Å². The molecular formula is C19H16N4O3. The van der Waals surface area contributed by atoms with E-state index in [1.807, 2.05) is 31.2 Å². The van der Waals surface area contributed by atoms with Crippen LogP contribution < -0.4 is 9.47 Å². The van der Waals surface area contributed by atoms with Crippen LogP contribution >= 0.6 is 0 Å². The second-order valence-corrected chi connectivity index (χ2v) is 5.47. The fourth-order valence-corrected chi connectivity index (χ4v) is 2.66. The van der Waals surface area contributed by atoms with Crippen LogP contribution in [0.3, 0.4) is 0 Å². The molecule has 0 unspecified atom stereocenters. The van der Waals surface area contributed by atoms with Crippen molar-refractivity contribution in [2.45, 2.75) is 6.92 Å². The first-order valence-electron chi connectivity index (χ1n) is 8.15. The average molecular weight is 348 g/mol. The Labute approximate surface area is 149 Å². The summed E-state index contributed by atoms with van der Waals surface area (Å²) in [6, 6.07) is 13.1. The number of rotatable bonds is 5. The molecule has 4 aromatic rings. The van der Waals surface area contributed by atoms with Crippen molar-refractivity contribution in [3.8, 4) is 34.6 Å². The van der Waals surface area contributed by atoms with Gasteiger partial charge in [-0.3, -0.25) is 0 Å². The lowest BCUT2D eigenvalue weighted by Crippen LogP contribution is -1.94. The van der Waals surface area contributed by atoms with Crippen LogP contribution in [0.4, 0.5) is 0 Å². The van der Waals surface area contributed by atoms with Gasteiger partial charge in [0.25, 0.3) is 5.89 Å². The highest BCUT2D eigenvalue weighted by Crippen LogP contribution is 2.31. The summed E-state index contributed by atoms with van der Waals surface area (Å²) in [5, 5.41) is 5.05. The molecule has 0 amide bonds. The smallest absolute Gasteiger partial charge is 0.258 e. The topological polar surface area (TPSA) is 83.2 Å². The van der Waals surface area contributed by atoms with E-state index in [0.29, 0.717) is 30.1 Å². The zero-order valence-corrected chi connectivity index (χ0v) is 14.3. The highest BCUT2D eigenvalue weighted by molar-refractivity contribution is 5.93. The maximum Gasteiger partial charge on any atom is 0.258 e. The van der Waals surface area contributed by atoms with Crippen LogP contribution in [0, 0.1) is 0 Å². The minimum absolute atomic E-state index is 0.392. The average Bonchev–Trinajstić information content (AvgIpc) is 3.17. The third-order valence-electron chi connectivity index (χ3n) is 3.84. The maximum absolute atomic E-state index is 5.46. The van der Waals surface area contributed by atoms with Gasteiger partial charge in [-0.1, -0.05) is 23.4 Å². The number of hydrogen-bond donors (Lipinski definition) is 0. The highest BCUT2D eigenvalue weighted by atomic mass is 16.5. The van der Waals surface area contributed by atoms with E-state index in [0.717, 1.165) is 22.0 Å². The van der Waals surface area contributed by atoms with Gasteiger partial charge >= 0.3 is 0 Å². The summed E-state index contributed by atoms with van der Waals surface area (Å²) in [5.41, 5.74) is 2.34. The van der Waals surface area contributed by atoms with E-state index in [-0.39, 0.29) is 0 Å². The second-order valence-electron chi connectivity index (χ2n) is 5.47. The minimum atomic E-state index is 0.392. The molecule has 3 aromatic heterocycles. The number of hydrogen-bond acceptors (Lipinski definition) is 7. The van der Waals surface area contributed by atoms with E-state index in [2.05, 4.69) is 20.1 Å². The first-order chi connectivity index (χ1) is 12.8. The van der Waals surface area contributed by atoms with Gasteiger partial charge in [-0.15, -0.1) is 0 Å². The van der Waals surface area contributed by atoms with E-state index in [9.17, 15) is 0 Å². The van der Waals surface area contributed by atoms with Gasteiger partial charge in [-0.25, -0.2) is 9.97 Å². The molecule has 26 heavy (non-hydrogen) atoms. The lowest BCUT2D eigenvalue weighted by atomic mass is 10.1. The number of fused-ring (bicyclic) bond motifs is 1. The number of nitrogens with zero attached hydrogens (tertiary/aromatic N) is 4. The van der Waals surface area contributed by atoms with Crippen molar-refractivity contribution < 1.29 is 14.0 Å². The minimum Gasteiger partial charge on any atom is -0.481 e. The van der Waals surface area contributed by atoms with E-state index >= 15 is 0 Å². The second kappa shape index (κ2) is 6.79. The molecule has 0 saturated heterocycles. The number of benzene rings is 1. The van der Waals surface area contributed by atoms with Crippen LogP contribution in [0.5, 0.6) is 11.8 Å². The Hall–Kier alpha value is -3.48. The first kappa shape index (κ1) is 16.0. The van der Waals surface area contributed by atoms with E-state index in [1.54, 1.807) is 31.5 Å². The SMILES string of the molecule is CCOc1cc(-c2nc(-c3cc(OC)nc4ccccc34)no2)ccn1. The van der Waals surface area contributed by atoms with Gasteiger partial charge < -0.3 is 14.0 Å². The Morgan fingerprint density at radius 3 is 2.77 bits per heavy atom. The third kappa shape index (κ3) is 2.95. The summed E-state index contributed by atoms with van der Waals surface area (Å²) in [4.78, 5) is 13.1. The van der Waals surface area contributed by atoms with Gasteiger partial charge in [0.1, 0.15) is 0 Å². The van der Waals surface area contributed by atoms with Gasteiger partial charge in [0.15, 0.2) is 0 Å². The largest absolute Gasteiger partial charge is 0.481 e. The molecule has 0 spiro atoms. The molecule has 0 aliphatic heterocycles. The fraction of sp³-hybridized carbons (Fsp3) is 0.158. The molecule has 7 heteroatoms. The predicted molar refractivity (Wildman–Crippen MR) is 96.0 cm³/mol. The molecule has 0 atom stereocenters. The standard InChI is InChI=1S/C19H16N4O3/c1-3-25-16-10-12(8-9-20-16)19-22-18(23-26-19)14-11-17(24-2)21-15-7-5-4-6-13(14)15/h4-11H,3H2,1-2H3. The highest BCUT2D eigenvalue weighted by Gasteiger charge is 2.16. The molecule has 130 valence electrons. The molecule has 0 N–H and O–H groups in total. The Morgan fingerprint density at radius 2 is 1.92 bits per heavy atom. The summed E-state index contributed by atoms with van der Waals surface area (Å²) in [5.74, 6) is 1.86. The number of methoxy groups -OCH3 is 1. The zero-order chi connectivity index (χ0) is 17.9. The predicted octanol–water partition coefficient (Wildman–Crippen LogP) is 3.75. The van der Waals surface area contributed by atoms with Crippen LogP contribution in [-0.2, 0) is 0 Å². The summed E-state index contributed by atoms with van der Waals surface area (Å²) in [6.45, 7) is 2.44. The molecule has 0 saturated carbocycles. The normalized spacial score (nSPS) is 10.8. The van der Waals surface area contributed by atoms with Crippen molar-refractivity contribution in [1.29, 1.82) is 0 Å². The van der Waals surface area contributed by atoms with Crippen molar-refractivity contribution in [2.24, 2.45) is 0 Å². The number of aromatic nitrogens is 4. The van der Waals surface area contributed by atoms with Crippen LogP contribution in [0.2, 0.25) is 0 Å². The lowest BCUT2D eigenvalue weighted by Gasteiger charge is -2.05. The van der Waals surface area contributed by atoms with Crippen LogP contribution in [0.1, 0.15) is 6.92 Å². The van der Waals surface area contributed by atoms with Gasteiger partial charge in [-0.2, -0.15) is 4.98 Å². The Kier molecular flexibility index (Phi) is 4.18. The van der Waals surface area contributed by atoms with Crippen molar-refractivity contribution >= 4 is 10.9 Å². The molecule has 4 rings (SSSR count). The van der Waals surface area contributed by atoms with Crippen LogP contribution in [0.25, 0.3) is 33.7 Å². The molecule has 1 aromatic carbocycles. The van der Waals surface area contributed by atoms with Crippen molar-refractivity contribution in [1.82, 2.24) is 20.1 Å². The molecule has 0 aliphatic carbocycles. The number of para-hydroxylation sites is 1. The number of ether oxygens (including phenoxy) is 2. The lowest BCUT2D eigenvalue weighted by molar-refractivity contribution is 0.327. The Bertz CT molecular complexity index is 1060. The van der Waals surface area contributed by atoms with Gasteiger partial charge in [0.05, 0.1) is 19.2 Å². The first-order valence-corrected chi connectivity index (χ1v) is 8.15. The van der Waals surface area contributed by atoms with Crippen molar-refractivity contribution in [3.05, 3.63) is 48.7 Å². The van der Waals surface area contributed by atoms with Crippen LogP contribution in [-0.4, -0.2) is 33.8 Å². The maximum atomic E-state index is 5.46.